The van der Waals surface area contributed by atoms with Gasteiger partial charge in [0.1, 0.15) is 0 Å². The van der Waals surface area contributed by atoms with Crippen LogP contribution in [0.25, 0.3) is 0 Å². The third kappa shape index (κ3) is 2.01. The average molecular weight is 214 g/mol. The van der Waals surface area contributed by atoms with Crippen LogP contribution in [0.1, 0.15) is 19.8 Å². The quantitative estimate of drug-likeness (QED) is 0.808. The fourth-order valence-electron chi connectivity index (χ4n) is 1.57. The summed E-state index contributed by atoms with van der Waals surface area (Å²) in [5.41, 5.74) is 0.511. The molecule has 1 aliphatic carbocycles. The van der Waals surface area contributed by atoms with Crippen molar-refractivity contribution in [1.82, 2.24) is 0 Å². The lowest BCUT2D eigenvalue weighted by atomic mass is 10.2. The molecule has 0 saturated heterocycles. The van der Waals surface area contributed by atoms with Gasteiger partial charge in [-0.1, -0.05) is 17.7 Å². The zero-order chi connectivity index (χ0) is 10.1. The third-order valence-electron chi connectivity index (χ3n) is 2.66. The summed E-state index contributed by atoms with van der Waals surface area (Å²) in [6.07, 6.45) is 2.49. The van der Waals surface area contributed by atoms with Crippen LogP contribution in [0.4, 0.5) is 10.1 Å². The van der Waals surface area contributed by atoms with E-state index in [4.69, 9.17) is 11.6 Å². The number of benzene rings is 1. The number of hydrogen-bond acceptors (Lipinski definition) is 1. The van der Waals surface area contributed by atoms with Crippen LogP contribution in [0, 0.1) is 11.7 Å². The lowest BCUT2D eigenvalue weighted by molar-refractivity contribution is 0.620. The Morgan fingerprint density at radius 1 is 1.50 bits per heavy atom. The van der Waals surface area contributed by atoms with Gasteiger partial charge in [0, 0.05) is 6.04 Å². The van der Waals surface area contributed by atoms with Gasteiger partial charge in [-0.3, -0.25) is 0 Å². The largest absolute Gasteiger partial charge is 0.380 e. The van der Waals surface area contributed by atoms with Crippen LogP contribution < -0.4 is 5.32 Å². The summed E-state index contributed by atoms with van der Waals surface area (Å²) in [7, 11) is 0. The molecule has 0 aliphatic heterocycles. The first kappa shape index (κ1) is 9.78. The van der Waals surface area contributed by atoms with Crippen LogP contribution in [-0.4, -0.2) is 6.04 Å². The second-order valence-electron chi connectivity index (χ2n) is 3.87. The van der Waals surface area contributed by atoms with Crippen LogP contribution in [-0.2, 0) is 0 Å². The molecule has 1 aliphatic rings. The molecule has 1 aromatic rings. The lowest BCUT2D eigenvalue weighted by Gasteiger charge is -2.15. The molecule has 1 unspecified atom stereocenters. The van der Waals surface area contributed by atoms with Gasteiger partial charge in [-0.05, 0) is 37.8 Å². The standard InChI is InChI=1S/C11H13ClFN/c1-7(8-5-6-8)14-10-4-2-3-9(12)11(10)13/h2-4,7-8,14H,5-6H2,1H3. The van der Waals surface area contributed by atoms with E-state index in [1.54, 1.807) is 18.2 Å². The van der Waals surface area contributed by atoms with Crippen LogP contribution in [0.5, 0.6) is 0 Å². The summed E-state index contributed by atoms with van der Waals surface area (Å²) in [5, 5.41) is 3.33. The molecular weight excluding hydrogens is 201 g/mol. The van der Waals surface area contributed by atoms with Crippen molar-refractivity contribution in [2.75, 3.05) is 5.32 Å². The highest BCUT2D eigenvalue weighted by Crippen LogP contribution is 2.34. The Balaban J connectivity index is 2.11. The molecule has 1 nitrogen and oxygen atoms in total. The Hall–Kier alpha value is -0.760. The zero-order valence-corrected chi connectivity index (χ0v) is 8.81. The van der Waals surface area contributed by atoms with E-state index in [-0.39, 0.29) is 10.8 Å². The highest BCUT2D eigenvalue weighted by Gasteiger charge is 2.28. The van der Waals surface area contributed by atoms with E-state index in [1.165, 1.54) is 12.8 Å². The first-order valence-electron chi connectivity index (χ1n) is 4.89. The molecule has 3 heteroatoms. The SMILES string of the molecule is CC(Nc1cccc(Cl)c1F)C1CC1. The summed E-state index contributed by atoms with van der Waals surface area (Å²) in [5.74, 6) is 0.357. The molecule has 0 radical (unpaired) electrons. The summed E-state index contributed by atoms with van der Waals surface area (Å²) in [6.45, 7) is 2.08. The van der Waals surface area contributed by atoms with Gasteiger partial charge >= 0.3 is 0 Å². The van der Waals surface area contributed by atoms with Gasteiger partial charge in [0.2, 0.25) is 0 Å². The second kappa shape index (κ2) is 3.77. The maximum absolute atomic E-state index is 13.5. The number of hydrogen-bond donors (Lipinski definition) is 1. The first-order chi connectivity index (χ1) is 6.68. The van der Waals surface area contributed by atoms with Gasteiger partial charge in [-0.2, -0.15) is 0 Å². The number of nitrogens with one attached hydrogen (secondary N) is 1. The minimum absolute atomic E-state index is 0.179. The van der Waals surface area contributed by atoms with Gasteiger partial charge in [0.25, 0.3) is 0 Å². The molecule has 0 amide bonds. The number of anilines is 1. The van der Waals surface area contributed by atoms with Crippen LogP contribution in [0.15, 0.2) is 18.2 Å². The van der Waals surface area contributed by atoms with Crippen molar-refractivity contribution in [1.29, 1.82) is 0 Å². The summed E-state index contributed by atoms with van der Waals surface area (Å²) < 4.78 is 13.5. The Labute approximate surface area is 88.3 Å². The summed E-state index contributed by atoms with van der Waals surface area (Å²) >= 11 is 5.68. The van der Waals surface area contributed by atoms with E-state index in [9.17, 15) is 4.39 Å². The first-order valence-corrected chi connectivity index (χ1v) is 5.27. The van der Waals surface area contributed by atoms with Crippen molar-refractivity contribution in [3.8, 4) is 0 Å². The zero-order valence-electron chi connectivity index (χ0n) is 8.06. The van der Waals surface area contributed by atoms with Gasteiger partial charge in [-0.15, -0.1) is 0 Å². The normalized spacial score (nSPS) is 17.9. The molecule has 1 N–H and O–H groups in total. The van der Waals surface area contributed by atoms with Crippen molar-refractivity contribution in [3.05, 3.63) is 29.0 Å². The van der Waals surface area contributed by atoms with E-state index in [1.807, 2.05) is 0 Å². The van der Waals surface area contributed by atoms with Crippen molar-refractivity contribution in [2.24, 2.45) is 5.92 Å². The highest BCUT2D eigenvalue weighted by molar-refractivity contribution is 6.31. The predicted octanol–water partition coefficient (Wildman–Crippen LogP) is 3.69. The second-order valence-corrected chi connectivity index (χ2v) is 4.28. The fraction of sp³-hybridized carbons (Fsp3) is 0.455. The van der Waals surface area contributed by atoms with Crippen molar-refractivity contribution in [2.45, 2.75) is 25.8 Å². The fourth-order valence-corrected chi connectivity index (χ4v) is 1.75. The van der Waals surface area contributed by atoms with E-state index in [0.29, 0.717) is 17.6 Å². The van der Waals surface area contributed by atoms with Gasteiger partial charge in [0.05, 0.1) is 10.7 Å². The van der Waals surface area contributed by atoms with Crippen LogP contribution >= 0.6 is 11.6 Å². The van der Waals surface area contributed by atoms with Crippen molar-refractivity contribution < 1.29 is 4.39 Å². The molecule has 0 aromatic heterocycles. The molecule has 0 heterocycles. The third-order valence-corrected chi connectivity index (χ3v) is 2.96. The van der Waals surface area contributed by atoms with Gasteiger partial charge in [-0.25, -0.2) is 4.39 Å². The average Bonchev–Trinajstić information content (AvgIpc) is 2.95. The predicted molar refractivity (Wildman–Crippen MR) is 57.2 cm³/mol. The molecule has 1 saturated carbocycles. The maximum Gasteiger partial charge on any atom is 0.164 e. The van der Waals surface area contributed by atoms with E-state index < -0.39 is 0 Å². The van der Waals surface area contributed by atoms with Crippen molar-refractivity contribution in [3.63, 3.8) is 0 Å². The van der Waals surface area contributed by atoms with Crippen LogP contribution in [0.3, 0.4) is 0 Å². The van der Waals surface area contributed by atoms with Crippen molar-refractivity contribution >= 4 is 17.3 Å². The topological polar surface area (TPSA) is 12.0 Å². The molecular formula is C11H13ClFN. The molecule has 76 valence electrons. The molecule has 14 heavy (non-hydrogen) atoms. The van der Waals surface area contributed by atoms with Crippen LogP contribution in [0.2, 0.25) is 5.02 Å². The van der Waals surface area contributed by atoms with E-state index in [0.717, 1.165) is 0 Å². The van der Waals surface area contributed by atoms with Gasteiger partial charge in [0.15, 0.2) is 5.82 Å². The molecule has 0 spiro atoms. The molecule has 2 rings (SSSR count). The minimum atomic E-state index is -0.346. The number of rotatable bonds is 3. The Bertz CT molecular complexity index is 336. The highest BCUT2D eigenvalue weighted by atomic mass is 35.5. The van der Waals surface area contributed by atoms with E-state index in [2.05, 4.69) is 12.2 Å². The maximum atomic E-state index is 13.5. The van der Waals surface area contributed by atoms with Gasteiger partial charge < -0.3 is 5.32 Å². The Kier molecular flexibility index (Phi) is 2.64. The van der Waals surface area contributed by atoms with E-state index >= 15 is 0 Å². The number of halogens is 2. The molecule has 1 atom stereocenters. The lowest BCUT2D eigenvalue weighted by Crippen LogP contribution is -2.18. The Morgan fingerprint density at radius 3 is 2.86 bits per heavy atom. The monoisotopic (exact) mass is 213 g/mol. The molecule has 0 bridgehead atoms. The molecule has 1 aromatic carbocycles. The smallest absolute Gasteiger partial charge is 0.164 e. The Morgan fingerprint density at radius 2 is 2.21 bits per heavy atom. The summed E-state index contributed by atoms with van der Waals surface area (Å²) in [4.78, 5) is 0. The minimum Gasteiger partial charge on any atom is -0.380 e. The molecule has 1 fully saturated rings. The summed E-state index contributed by atoms with van der Waals surface area (Å²) in [6, 6.07) is 5.38.